The first-order valence-electron chi connectivity index (χ1n) is 12.0. The smallest absolute Gasteiger partial charge is 0.289 e. The molecule has 0 bridgehead atoms. The molecule has 7 nitrogen and oxygen atoms in total. The van der Waals surface area contributed by atoms with Crippen LogP contribution in [0.25, 0.3) is 15.7 Å². The molecule has 2 aliphatic rings. The molecule has 1 fully saturated rings. The second kappa shape index (κ2) is 10.4. The Morgan fingerprint density at radius 3 is 2.79 bits per heavy atom. The van der Waals surface area contributed by atoms with Gasteiger partial charge in [0.25, 0.3) is 12.6 Å². The largest absolute Gasteiger partial charge is 0.381 e. The highest BCUT2D eigenvalue weighted by atomic mass is 16.5. The van der Waals surface area contributed by atoms with Gasteiger partial charge in [0.05, 0.1) is 0 Å². The number of nitrogens with one attached hydrogen (secondary N) is 1. The summed E-state index contributed by atoms with van der Waals surface area (Å²) < 4.78 is 7.89. The van der Waals surface area contributed by atoms with Gasteiger partial charge in [0.15, 0.2) is 0 Å². The van der Waals surface area contributed by atoms with Crippen molar-refractivity contribution in [1.82, 2.24) is 14.8 Å². The van der Waals surface area contributed by atoms with Gasteiger partial charge in [-0.3, -0.25) is 19.8 Å². The van der Waals surface area contributed by atoms with E-state index in [1.165, 1.54) is 28.6 Å². The standard InChI is InChI=1S/C26H34N4O3/c1-27-17-28-25(31)5-4-12-29(2)26(32)20-7-9-24-22(16-20)21-15-19(6-8-23(21)30(24)3)18-10-13-33-14-11-18/h7,9,16,18-19H,4-6,8,10-15,17H2,2-3H3,(H,28,31)/t19-/m1/s1. The molecule has 1 aromatic carbocycles. The first kappa shape index (κ1) is 23.3. The molecule has 1 saturated heterocycles. The number of hydrogen-bond donors (Lipinski definition) is 1. The van der Waals surface area contributed by atoms with E-state index in [4.69, 9.17) is 11.3 Å². The molecule has 1 aromatic heterocycles. The highest BCUT2D eigenvalue weighted by Gasteiger charge is 2.31. The molecule has 0 unspecified atom stereocenters. The van der Waals surface area contributed by atoms with Crippen molar-refractivity contribution in [2.75, 3.05) is 33.5 Å². The summed E-state index contributed by atoms with van der Waals surface area (Å²) >= 11 is 0. The molecule has 2 heterocycles. The van der Waals surface area contributed by atoms with Crippen LogP contribution in [-0.2, 0) is 29.4 Å². The van der Waals surface area contributed by atoms with Crippen LogP contribution in [0.4, 0.5) is 0 Å². The zero-order valence-corrected chi connectivity index (χ0v) is 19.7. The second-order valence-electron chi connectivity index (χ2n) is 9.42. The molecule has 2 aromatic rings. The molecule has 176 valence electrons. The zero-order chi connectivity index (χ0) is 23.4. The molecular formula is C26H34N4O3. The second-order valence-corrected chi connectivity index (χ2v) is 9.42. The van der Waals surface area contributed by atoms with Crippen molar-refractivity contribution in [1.29, 1.82) is 0 Å². The van der Waals surface area contributed by atoms with Crippen molar-refractivity contribution in [3.05, 3.63) is 46.4 Å². The van der Waals surface area contributed by atoms with Crippen molar-refractivity contribution < 1.29 is 14.3 Å². The van der Waals surface area contributed by atoms with Crippen molar-refractivity contribution in [3.63, 3.8) is 0 Å². The van der Waals surface area contributed by atoms with Crippen LogP contribution in [0.15, 0.2) is 18.2 Å². The fraction of sp³-hybridized carbons (Fsp3) is 0.577. The predicted octanol–water partition coefficient (Wildman–Crippen LogP) is 3.55. The van der Waals surface area contributed by atoms with Gasteiger partial charge in [-0.05, 0) is 74.1 Å². The molecule has 0 radical (unpaired) electrons. The lowest BCUT2D eigenvalue weighted by Gasteiger charge is -2.33. The van der Waals surface area contributed by atoms with Crippen LogP contribution >= 0.6 is 0 Å². The maximum absolute atomic E-state index is 13.1. The topological polar surface area (TPSA) is 67.9 Å². The Kier molecular flexibility index (Phi) is 7.34. The Bertz CT molecular complexity index is 1060. The third-order valence-corrected chi connectivity index (χ3v) is 7.43. The maximum atomic E-state index is 13.1. The average Bonchev–Trinajstić information content (AvgIpc) is 3.13. The fourth-order valence-electron chi connectivity index (χ4n) is 5.54. The molecule has 1 aliphatic carbocycles. The molecule has 0 saturated carbocycles. The number of benzene rings is 1. The Hall–Kier alpha value is -2.85. The Morgan fingerprint density at radius 1 is 1.24 bits per heavy atom. The van der Waals surface area contributed by atoms with Crippen LogP contribution in [0, 0.1) is 18.4 Å². The van der Waals surface area contributed by atoms with Gasteiger partial charge in [-0.2, -0.15) is 0 Å². The van der Waals surface area contributed by atoms with Gasteiger partial charge in [-0.25, -0.2) is 6.57 Å². The van der Waals surface area contributed by atoms with Gasteiger partial charge in [-0.15, -0.1) is 0 Å². The first-order chi connectivity index (χ1) is 16.0. The number of aromatic nitrogens is 1. The zero-order valence-electron chi connectivity index (χ0n) is 19.7. The summed E-state index contributed by atoms with van der Waals surface area (Å²) in [5, 5.41) is 3.75. The van der Waals surface area contributed by atoms with Gasteiger partial charge in [0, 0.05) is 62.4 Å². The lowest BCUT2D eigenvalue weighted by Crippen LogP contribution is -2.29. The van der Waals surface area contributed by atoms with Crippen molar-refractivity contribution in [2.24, 2.45) is 18.9 Å². The number of fused-ring (bicyclic) bond motifs is 3. The molecule has 1 aliphatic heterocycles. The summed E-state index contributed by atoms with van der Waals surface area (Å²) in [6, 6.07) is 6.07. The Balaban J connectivity index is 1.47. The summed E-state index contributed by atoms with van der Waals surface area (Å²) in [6.45, 7) is 9.00. The lowest BCUT2D eigenvalue weighted by molar-refractivity contribution is -0.121. The van der Waals surface area contributed by atoms with E-state index in [0.29, 0.717) is 30.9 Å². The van der Waals surface area contributed by atoms with E-state index in [0.717, 1.165) is 44.8 Å². The fourth-order valence-corrected chi connectivity index (χ4v) is 5.54. The highest BCUT2D eigenvalue weighted by molar-refractivity contribution is 5.99. The highest BCUT2D eigenvalue weighted by Crippen LogP contribution is 2.39. The van der Waals surface area contributed by atoms with Crippen molar-refractivity contribution >= 4 is 22.7 Å². The van der Waals surface area contributed by atoms with E-state index in [1.54, 1.807) is 11.9 Å². The third-order valence-electron chi connectivity index (χ3n) is 7.43. The quantitative estimate of drug-likeness (QED) is 0.656. The number of carbonyl (C=O) groups is 2. The van der Waals surface area contributed by atoms with Crippen LogP contribution in [0.1, 0.15) is 53.7 Å². The van der Waals surface area contributed by atoms with Crippen molar-refractivity contribution in [2.45, 2.75) is 44.9 Å². The average molecular weight is 451 g/mol. The monoisotopic (exact) mass is 450 g/mol. The number of amides is 2. The maximum Gasteiger partial charge on any atom is 0.289 e. The van der Waals surface area contributed by atoms with E-state index in [9.17, 15) is 9.59 Å². The lowest BCUT2D eigenvalue weighted by atomic mass is 9.75. The first-order valence-corrected chi connectivity index (χ1v) is 12.0. The van der Waals surface area contributed by atoms with Gasteiger partial charge < -0.3 is 14.2 Å². The molecule has 7 heteroatoms. The van der Waals surface area contributed by atoms with Crippen LogP contribution in [0.3, 0.4) is 0 Å². The summed E-state index contributed by atoms with van der Waals surface area (Å²) in [4.78, 5) is 29.6. The molecular weight excluding hydrogens is 416 g/mol. The molecule has 4 rings (SSSR count). The molecule has 2 amide bonds. The van der Waals surface area contributed by atoms with Gasteiger partial charge in [0.1, 0.15) is 0 Å². The molecule has 0 spiro atoms. The minimum absolute atomic E-state index is 0.00436. The minimum atomic E-state index is -0.150. The van der Waals surface area contributed by atoms with E-state index in [-0.39, 0.29) is 18.5 Å². The number of nitrogens with zero attached hydrogens (tertiary/aromatic N) is 3. The molecule has 1 atom stereocenters. The Labute approximate surface area is 195 Å². The van der Waals surface area contributed by atoms with E-state index in [1.807, 2.05) is 6.07 Å². The number of carbonyl (C=O) groups excluding carboxylic acids is 2. The number of hydrogen-bond acceptors (Lipinski definition) is 3. The number of ether oxygens (including phenoxy) is 1. The summed E-state index contributed by atoms with van der Waals surface area (Å²) in [5.74, 6) is 1.27. The summed E-state index contributed by atoms with van der Waals surface area (Å²) in [6.07, 6.45) is 6.63. The number of aryl methyl sites for hydroxylation is 1. The van der Waals surface area contributed by atoms with Gasteiger partial charge in [-0.1, -0.05) is 0 Å². The van der Waals surface area contributed by atoms with Crippen LogP contribution in [0.2, 0.25) is 0 Å². The predicted molar refractivity (Wildman–Crippen MR) is 128 cm³/mol. The summed E-state index contributed by atoms with van der Waals surface area (Å²) in [5.41, 5.74) is 4.73. The molecule has 1 N–H and O–H groups in total. The van der Waals surface area contributed by atoms with E-state index in [2.05, 4.69) is 33.9 Å². The number of rotatable bonds is 7. The van der Waals surface area contributed by atoms with Gasteiger partial charge >= 0.3 is 0 Å². The normalized spacial score (nSPS) is 18.5. The summed E-state index contributed by atoms with van der Waals surface area (Å²) in [7, 11) is 3.92. The van der Waals surface area contributed by atoms with Crippen molar-refractivity contribution in [3.8, 4) is 0 Å². The van der Waals surface area contributed by atoms with Gasteiger partial charge in [0.2, 0.25) is 5.91 Å². The Morgan fingerprint density at radius 2 is 2.03 bits per heavy atom. The molecule has 33 heavy (non-hydrogen) atoms. The van der Waals surface area contributed by atoms with Crippen LogP contribution in [0.5, 0.6) is 0 Å². The minimum Gasteiger partial charge on any atom is -0.381 e. The van der Waals surface area contributed by atoms with E-state index >= 15 is 0 Å². The third kappa shape index (κ3) is 5.06. The SMILES string of the molecule is [C-]#[N+]CNC(=O)CCCN(C)C(=O)c1ccc2c(c1)c1c(n2C)CC[C@@H](C2CCOCC2)C1. The van der Waals surface area contributed by atoms with E-state index < -0.39 is 0 Å². The van der Waals surface area contributed by atoms with Crippen LogP contribution in [-0.4, -0.2) is 54.8 Å². The van der Waals surface area contributed by atoms with Crippen LogP contribution < -0.4 is 5.32 Å².